The number of ketones is 1. The Morgan fingerprint density at radius 2 is 2.12 bits per heavy atom. The molecule has 1 rings (SSSR count). The molecule has 0 N–H and O–H groups in total. The van der Waals surface area contributed by atoms with Gasteiger partial charge in [0.1, 0.15) is 5.78 Å². The third-order valence-corrected chi connectivity index (χ3v) is 4.28. The third kappa shape index (κ3) is 3.55. The lowest BCUT2D eigenvalue weighted by atomic mass is 9.67. The molecule has 0 bridgehead atoms. The van der Waals surface area contributed by atoms with Crippen molar-refractivity contribution in [2.75, 3.05) is 0 Å². The van der Waals surface area contributed by atoms with Gasteiger partial charge in [0.15, 0.2) is 0 Å². The zero-order chi connectivity index (χ0) is 13.1. The van der Waals surface area contributed by atoms with Crippen molar-refractivity contribution in [3.05, 3.63) is 23.3 Å². The van der Waals surface area contributed by atoms with E-state index in [1.54, 1.807) is 6.92 Å². The first-order valence-electron chi connectivity index (χ1n) is 6.70. The van der Waals surface area contributed by atoms with Crippen LogP contribution in [0.3, 0.4) is 0 Å². The molecule has 1 aliphatic rings. The average molecular weight is 234 g/mol. The number of carbonyl (C=O) groups excluding carboxylic acids is 1. The summed E-state index contributed by atoms with van der Waals surface area (Å²) in [6.45, 7) is 10.3. The molecule has 0 saturated heterocycles. The van der Waals surface area contributed by atoms with Crippen molar-refractivity contribution in [3.63, 3.8) is 0 Å². The first-order valence-corrected chi connectivity index (χ1v) is 6.70. The largest absolute Gasteiger partial charge is 0.299 e. The normalized spacial score (nSPS) is 28.5. The van der Waals surface area contributed by atoms with Crippen molar-refractivity contribution < 1.29 is 4.79 Å². The highest BCUT2D eigenvalue weighted by molar-refractivity contribution is 5.82. The maximum Gasteiger partial charge on any atom is 0.136 e. The monoisotopic (exact) mass is 234 g/mol. The number of Topliss-reactive ketones (excluding diaryl/α,β-unsaturated/α-hetero) is 1. The molecule has 2 atom stereocenters. The zero-order valence-electron chi connectivity index (χ0n) is 12.0. The molecule has 0 amide bonds. The van der Waals surface area contributed by atoms with E-state index < -0.39 is 0 Å². The van der Waals surface area contributed by atoms with Gasteiger partial charge in [-0.2, -0.15) is 0 Å². The summed E-state index contributed by atoms with van der Waals surface area (Å²) in [6.07, 6.45) is 9.04. The summed E-state index contributed by atoms with van der Waals surface area (Å²) in [5, 5.41) is 0. The molecule has 17 heavy (non-hydrogen) atoms. The molecule has 0 aromatic carbocycles. The van der Waals surface area contributed by atoms with Gasteiger partial charge < -0.3 is 0 Å². The molecule has 1 nitrogen and oxygen atoms in total. The minimum atomic E-state index is -0.125. The molecule has 1 aliphatic carbocycles. The van der Waals surface area contributed by atoms with E-state index in [1.807, 2.05) is 0 Å². The van der Waals surface area contributed by atoms with Crippen molar-refractivity contribution in [1.82, 2.24) is 0 Å². The Labute approximate surface area is 106 Å². The zero-order valence-corrected chi connectivity index (χ0v) is 12.0. The van der Waals surface area contributed by atoms with Crippen LogP contribution in [-0.4, -0.2) is 5.78 Å². The van der Waals surface area contributed by atoms with Gasteiger partial charge in [0.2, 0.25) is 0 Å². The molecule has 0 aromatic heterocycles. The van der Waals surface area contributed by atoms with Crippen LogP contribution >= 0.6 is 0 Å². The van der Waals surface area contributed by atoms with Gasteiger partial charge in [0, 0.05) is 5.41 Å². The van der Waals surface area contributed by atoms with Crippen LogP contribution in [0.2, 0.25) is 0 Å². The Morgan fingerprint density at radius 1 is 1.47 bits per heavy atom. The quantitative estimate of drug-likeness (QED) is 0.645. The van der Waals surface area contributed by atoms with Crippen LogP contribution in [0, 0.1) is 11.3 Å². The van der Waals surface area contributed by atoms with Crippen LogP contribution in [0.4, 0.5) is 0 Å². The van der Waals surface area contributed by atoms with E-state index >= 15 is 0 Å². The number of hydrogen-bond donors (Lipinski definition) is 0. The second kappa shape index (κ2) is 5.66. The smallest absolute Gasteiger partial charge is 0.136 e. The van der Waals surface area contributed by atoms with Crippen molar-refractivity contribution in [1.29, 1.82) is 0 Å². The molecular formula is C16H26O. The summed E-state index contributed by atoms with van der Waals surface area (Å²) in [5.41, 5.74) is 2.80. The highest BCUT2D eigenvalue weighted by atomic mass is 16.1. The molecule has 0 aliphatic heterocycles. The maximum atomic E-state index is 11.7. The molecule has 96 valence electrons. The van der Waals surface area contributed by atoms with Gasteiger partial charge in [-0.1, -0.05) is 37.1 Å². The van der Waals surface area contributed by atoms with Crippen LogP contribution in [0.5, 0.6) is 0 Å². The Kier molecular flexibility index (Phi) is 4.73. The third-order valence-electron chi connectivity index (χ3n) is 4.28. The Hall–Kier alpha value is -0.850. The van der Waals surface area contributed by atoms with Crippen molar-refractivity contribution in [3.8, 4) is 0 Å². The number of rotatable bonds is 4. The highest BCUT2D eigenvalue weighted by Crippen LogP contribution is 2.41. The average Bonchev–Trinajstić information content (AvgIpc) is 2.22. The summed E-state index contributed by atoms with van der Waals surface area (Å²) in [6, 6.07) is 0. The van der Waals surface area contributed by atoms with Crippen LogP contribution in [0.1, 0.15) is 60.3 Å². The van der Waals surface area contributed by atoms with E-state index in [9.17, 15) is 4.79 Å². The summed E-state index contributed by atoms with van der Waals surface area (Å²) in [4.78, 5) is 11.7. The van der Waals surface area contributed by atoms with E-state index in [-0.39, 0.29) is 5.41 Å². The van der Waals surface area contributed by atoms with Crippen LogP contribution in [0.15, 0.2) is 23.3 Å². The van der Waals surface area contributed by atoms with E-state index in [0.29, 0.717) is 11.7 Å². The Balaban J connectivity index is 2.63. The fourth-order valence-corrected chi connectivity index (χ4v) is 2.52. The van der Waals surface area contributed by atoms with Gasteiger partial charge in [0.05, 0.1) is 0 Å². The minimum Gasteiger partial charge on any atom is -0.299 e. The number of carbonyl (C=O) groups is 1. The van der Waals surface area contributed by atoms with E-state index in [4.69, 9.17) is 0 Å². The van der Waals surface area contributed by atoms with E-state index in [1.165, 1.54) is 11.1 Å². The minimum absolute atomic E-state index is 0.125. The van der Waals surface area contributed by atoms with Gasteiger partial charge in [-0.05, 0) is 52.4 Å². The maximum absolute atomic E-state index is 11.7. The second-order valence-corrected chi connectivity index (χ2v) is 5.91. The Bertz CT molecular complexity index is 345. The Morgan fingerprint density at radius 3 is 2.59 bits per heavy atom. The van der Waals surface area contributed by atoms with Gasteiger partial charge in [-0.3, -0.25) is 4.79 Å². The van der Waals surface area contributed by atoms with Crippen LogP contribution in [0.25, 0.3) is 0 Å². The summed E-state index contributed by atoms with van der Waals surface area (Å²) >= 11 is 0. The predicted molar refractivity (Wildman–Crippen MR) is 73.9 cm³/mol. The second-order valence-electron chi connectivity index (χ2n) is 5.91. The fraction of sp³-hybridized carbons (Fsp3) is 0.688. The highest BCUT2D eigenvalue weighted by Gasteiger charge is 2.37. The van der Waals surface area contributed by atoms with Gasteiger partial charge in [-0.15, -0.1) is 0 Å². The van der Waals surface area contributed by atoms with Gasteiger partial charge in [-0.25, -0.2) is 0 Å². The van der Waals surface area contributed by atoms with Crippen molar-refractivity contribution >= 4 is 5.78 Å². The summed E-state index contributed by atoms with van der Waals surface area (Å²) in [7, 11) is 0. The molecule has 0 spiro atoms. The predicted octanol–water partition coefficient (Wildman–Crippen LogP) is 4.68. The molecule has 0 fully saturated rings. The molecule has 0 aromatic rings. The van der Waals surface area contributed by atoms with E-state index in [0.717, 1.165) is 25.7 Å². The van der Waals surface area contributed by atoms with Crippen LogP contribution in [-0.2, 0) is 4.79 Å². The fourth-order valence-electron chi connectivity index (χ4n) is 2.52. The lowest BCUT2D eigenvalue weighted by Crippen LogP contribution is -2.34. The molecule has 1 heteroatoms. The molecular weight excluding hydrogens is 208 g/mol. The lowest BCUT2D eigenvalue weighted by molar-refractivity contribution is -0.128. The molecule has 0 radical (unpaired) electrons. The van der Waals surface area contributed by atoms with Crippen molar-refractivity contribution in [2.45, 2.75) is 60.3 Å². The number of allylic oxidation sites excluding steroid dienone is 4. The first kappa shape index (κ1) is 14.2. The van der Waals surface area contributed by atoms with Crippen LogP contribution < -0.4 is 0 Å². The SMILES string of the molecule is CC(=O)[C@]1(C)CCC(CCC=C(C)C)=C[C@H]1C. The molecule has 0 unspecified atom stereocenters. The summed E-state index contributed by atoms with van der Waals surface area (Å²) in [5.74, 6) is 0.722. The summed E-state index contributed by atoms with van der Waals surface area (Å²) < 4.78 is 0. The molecule has 0 heterocycles. The molecule has 0 saturated carbocycles. The lowest BCUT2D eigenvalue weighted by Gasteiger charge is -2.36. The topological polar surface area (TPSA) is 17.1 Å². The van der Waals surface area contributed by atoms with E-state index in [2.05, 4.69) is 39.8 Å². The van der Waals surface area contributed by atoms with Crippen molar-refractivity contribution in [2.24, 2.45) is 11.3 Å². The number of hydrogen-bond acceptors (Lipinski definition) is 1. The first-order chi connectivity index (χ1) is 7.86. The van der Waals surface area contributed by atoms with Gasteiger partial charge in [0.25, 0.3) is 0 Å². The van der Waals surface area contributed by atoms with Gasteiger partial charge >= 0.3 is 0 Å². The standard InChI is InChI=1S/C16H26O/c1-12(2)7-6-8-15-9-10-16(5,14(4)17)13(3)11-15/h7,11,13H,6,8-10H2,1-5H3/t13-,16-/m1/s1.